The Hall–Kier alpha value is -1.60. The van der Waals surface area contributed by atoms with Gasteiger partial charge in [0.25, 0.3) is 5.91 Å². The first-order valence-electron chi connectivity index (χ1n) is 9.24. The summed E-state index contributed by atoms with van der Waals surface area (Å²) in [4.78, 5) is 17.2. The number of piperidine rings is 2. The normalized spacial score (nSPS) is 23.8. The zero-order valence-corrected chi connectivity index (χ0v) is 15.1. The van der Waals surface area contributed by atoms with Gasteiger partial charge < -0.3 is 10.2 Å². The van der Waals surface area contributed by atoms with Gasteiger partial charge in [0.1, 0.15) is 0 Å². The molecular weight excluding hydrogens is 343 g/mol. The van der Waals surface area contributed by atoms with E-state index in [1.165, 1.54) is 18.2 Å². The van der Waals surface area contributed by atoms with Crippen molar-refractivity contribution in [2.24, 2.45) is 0 Å². The number of hydrogen-bond donors (Lipinski definition) is 1. The first-order chi connectivity index (χ1) is 12.3. The Morgan fingerprint density at radius 3 is 2.50 bits per heavy atom. The fourth-order valence-electron chi connectivity index (χ4n) is 4.01. The molecule has 0 radical (unpaired) electrons. The molecule has 0 saturated carbocycles. The number of carbonyl (C=O) groups excluding carboxylic acids is 1. The smallest absolute Gasteiger partial charge is 0.348 e. The van der Waals surface area contributed by atoms with Gasteiger partial charge in [-0.05, 0) is 64.5 Å². The second-order valence-corrected chi connectivity index (χ2v) is 7.39. The number of carbonyl (C=O) groups is 1. The van der Waals surface area contributed by atoms with Gasteiger partial charge >= 0.3 is 6.18 Å². The van der Waals surface area contributed by atoms with Crippen LogP contribution >= 0.6 is 0 Å². The molecule has 1 N–H and O–H groups in total. The van der Waals surface area contributed by atoms with Crippen LogP contribution in [0.2, 0.25) is 0 Å². The molecule has 3 rings (SSSR count). The molecule has 0 aromatic heterocycles. The Morgan fingerprint density at radius 1 is 1.12 bits per heavy atom. The van der Waals surface area contributed by atoms with Gasteiger partial charge in [0.05, 0.1) is 11.1 Å². The van der Waals surface area contributed by atoms with Gasteiger partial charge in [0.15, 0.2) is 0 Å². The zero-order chi connectivity index (χ0) is 18.7. The predicted molar refractivity (Wildman–Crippen MR) is 94.0 cm³/mol. The summed E-state index contributed by atoms with van der Waals surface area (Å²) in [5.41, 5.74) is -1.17. The standard InChI is InChI=1S/C19H26F3N3O/c1-24-11-8-15(9-12-24)25-10-4-5-14(13-25)23-18(26)16-6-2-3-7-17(16)19(20,21)22/h2-3,6-7,14-15H,4-5,8-13H2,1H3,(H,23,26)/t14-/m0/s1. The minimum Gasteiger partial charge on any atom is -0.348 e. The molecular formula is C19H26F3N3O. The highest BCUT2D eigenvalue weighted by Crippen LogP contribution is 2.32. The Morgan fingerprint density at radius 2 is 1.81 bits per heavy atom. The highest BCUT2D eigenvalue weighted by molar-refractivity contribution is 5.96. The molecule has 0 bridgehead atoms. The number of hydrogen-bond acceptors (Lipinski definition) is 3. The summed E-state index contributed by atoms with van der Waals surface area (Å²) in [5.74, 6) is -0.631. The summed E-state index contributed by atoms with van der Waals surface area (Å²) >= 11 is 0. The van der Waals surface area contributed by atoms with Crippen molar-refractivity contribution in [3.63, 3.8) is 0 Å². The van der Waals surface area contributed by atoms with Crippen molar-refractivity contribution in [2.45, 2.75) is 43.9 Å². The van der Waals surface area contributed by atoms with E-state index in [9.17, 15) is 18.0 Å². The van der Waals surface area contributed by atoms with Crippen LogP contribution in [0.4, 0.5) is 13.2 Å². The zero-order valence-electron chi connectivity index (χ0n) is 15.1. The van der Waals surface area contributed by atoms with Crippen LogP contribution in [0.5, 0.6) is 0 Å². The van der Waals surface area contributed by atoms with E-state index in [0.29, 0.717) is 12.6 Å². The minimum atomic E-state index is -4.53. The number of halogens is 3. The average molecular weight is 369 g/mol. The van der Waals surface area contributed by atoms with Crippen LogP contribution in [-0.4, -0.2) is 61.0 Å². The molecule has 2 fully saturated rings. The largest absolute Gasteiger partial charge is 0.417 e. The summed E-state index contributed by atoms with van der Waals surface area (Å²) in [7, 11) is 2.12. The van der Waals surface area contributed by atoms with Crippen molar-refractivity contribution in [3.8, 4) is 0 Å². The van der Waals surface area contributed by atoms with Crippen LogP contribution in [-0.2, 0) is 6.18 Å². The van der Waals surface area contributed by atoms with E-state index < -0.39 is 17.6 Å². The van der Waals surface area contributed by atoms with Gasteiger partial charge in [-0.15, -0.1) is 0 Å². The third-order valence-electron chi connectivity index (χ3n) is 5.47. The highest BCUT2D eigenvalue weighted by atomic mass is 19.4. The second-order valence-electron chi connectivity index (χ2n) is 7.39. The third-order valence-corrected chi connectivity index (χ3v) is 5.47. The Bertz CT molecular complexity index is 627. The van der Waals surface area contributed by atoms with Crippen LogP contribution in [0.25, 0.3) is 0 Å². The summed E-state index contributed by atoms with van der Waals surface area (Å²) in [6, 6.07) is 5.39. The number of nitrogens with zero attached hydrogens (tertiary/aromatic N) is 2. The van der Waals surface area contributed by atoms with E-state index in [2.05, 4.69) is 22.2 Å². The van der Waals surface area contributed by atoms with Crippen LogP contribution in [0.15, 0.2) is 24.3 Å². The van der Waals surface area contributed by atoms with Crippen molar-refractivity contribution in [2.75, 3.05) is 33.2 Å². The topological polar surface area (TPSA) is 35.6 Å². The fourth-order valence-corrected chi connectivity index (χ4v) is 4.01. The molecule has 7 heteroatoms. The van der Waals surface area contributed by atoms with Gasteiger partial charge in [0, 0.05) is 18.6 Å². The van der Waals surface area contributed by atoms with Crippen LogP contribution in [0.1, 0.15) is 41.6 Å². The summed E-state index contributed by atoms with van der Waals surface area (Å²) in [5, 5.41) is 2.83. The van der Waals surface area contributed by atoms with Gasteiger partial charge in [0.2, 0.25) is 0 Å². The highest BCUT2D eigenvalue weighted by Gasteiger charge is 2.35. The quantitative estimate of drug-likeness (QED) is 0.890. The van der Waals surface area contributed by atoms with Crippen molar-refractivity contribution in [3.05, 3.63) is 35.4 Å². The maximum absolute atomic E-state index is 13.1. The molecule has 2 aliphatic rings. The van der Waals surface area contributed by atoms with Crippen molar-refractivity contribution < 1.29 is 18.0 Å². The lowest BCUT2D eigenvalue weighted by atomic mass is 9.97. The van der Waals surface area contributed by atoms with E-state index in [1.54, 1.807) is 0 Å². The van der Waals surface area contributed by atoms with Crippen molar-refractivity contribution in [1.29, 1.82) is 0 Å². The second kappa shape index (κ2) is 7.96. The van der Waals surface area contributed by atoms with Gasteiger partial charge in [-0.2, -0.15) is 13.2 Å². The number of alkyl halides is 3. The van der Waals surface area contributed by atoms with Crippen LogP contribution < -0.4 is 5.32 Å². The Labute approximate surface area is 152 Å². The molecule has 0 aliphatic carbocycles. The van der Waals surface area contributed by atoms with Crippen molar-refractivity contribution in [1.82, 2.24) is 15.1 Å². The molecule has 1 aromatic carbocycles. The van der Waals surface area contributed by atoms with Gasteiger partial charge in [-0.25, -0.2) is 0 Å². The molecule has 2 saturated heterocycles. The van der Waals surface area contributed by atoms with Gasteiger partial charge in [-0.1, -0.05) is 12.1 Å². The number of amides is 1. The third kappa shape index (κ3) is 4.57. The van der Waals surface area contributed by atoms with Crippen LogP contribution in [0, 0.1) is 0 Å². The molecule has 1 aromatic rings. The molecule has 4 nitrogen and oxygen atoms in total. The molecule has 1 amide bonds. The molecule has 1 atom stereocenters. The maximum Gasteiger partial charge on any atom is 0.417 e. The lowest BCUT2D eigenvalue weighted by Gasteiger charge is -2.41. The van der Waals surface area contributed by atoms with Crippen LogP contribution in [0.3, 0.4) is 0 Å². The van der Waals surface area contributed by atoms with E-state index in [-0.39, 0.29) is 11.6 Å². The number of likely N-dealkylation sites (tertiary alicyclic amines) is 2. The first kappa shape index (κ1) is 19.2. The lowest BCUT2D eigenvalue weighted by molar-refractivity contribution is -0.137. The van der Waals surface area contributed by atoms with E-state index >= 15 is 0 Å². The molecule has 2 aliphatic heterocycles. The fraction of sp³-hybridized carbons (Fsp3) is 0.632. The lowest BCUT2D eigenvalue weighted by Crippen LogP contribution is -2.53. The summed E-state index contributed by atoms with van der Waals surface area (Å²) < 4.78 is 39.4. The maximum atomic E-state index is 13.1. The van der Waals surface area contributed by atoms with Gasteiger partial charge in [-0.3, -0.25) is 9.69 Å². The summed E-state index contributed by atoms with van der Waals surface area (Å²) in [6.45, 7) is 3.85. The molecule has 2 heterocycles. The van der Waals surface area contributed by atoms with E-state index in [4.69, 9.17) is 0 Å². The molecule has 26 heavy (non-hydrogen) atoms. The number of rotatable bonds is 3. The van der Waals surface area contributed by atoms with E-state index in [1.807, 2.05) is 0 Å². The minimum absolute atomic E-state index is 0.0998. The monoisotopic (exact) mass is 369 g/mol. The first-order valence-corrected chi connectivity index (χ1v) is 9.24. The Balaban J connectivity index is 1.63. The number of benzene rings is 1. The summed E-state index contributed by atoms with van der Waals surface area (Å²) in [6.07, 6.45) is -0.552. The molecule has 0 unspecified atom stereocenters. The van der Waals surface area contributed by atoms with Crippen molar-refractivity contribution >= 4 is 5.91 Å². The average Bonchev–Trinajstić information content (AvgIpc) is 2.62. The molecule has 0 spiro atoms. The predicted octanol–water partition coefficient (Wildman–Crippen LogP) is 2.99. The SMILES string of the molecule is CN1CCC(N2CCC[C@H](NC(=O)c3ccccc3C(F)(F)F)C2)CC1. The number of nitrogens with one attached hydrogen (secondary N) is 1. The Kier molecular flexibility index (Phi) is 5.87. The van der Waals surface area contributed by atoms with E-state index in [0.717, 1.165) is 51.4 Å². The molecule has 144 valence electrons.